The van der Waals surface area contributed by atoms with E-state index in [0.717, 1.165) is 18.2 Å². The van der Waals surface area contributed by atoms with E-state index in [1.807, 2.05) is 0 Å². The number of carbonyl (C=O) groups is 1. The molecule has 3 N–H and O–H groups in total. The fraction of sp³-hybridized carbons (Fsp3) is 0.222. The Kier molecular flexibility index (Phi) is 3.78. The first-order valence-corrected chi connectivity index (χ1v) is 4.46. The van der Waals surface area contributed by atoms with E-state index >= 15 is 0 Å². The summed E-state index contributed by atoms with van der Waals surface area (Å²) in [6.07, 6.45) is 0. The molecule has 0 spiro atoms. The predicted octanol–water partition coefficient (Wildman–Crippen LogP) is 0.458. The number of nitro benzene ring substituents is 1. The van der Waals surface area contributed by atoms with Gasteiger partial charge in [0.2, 0.25) is 5.91 Å². The van der Waals surface area contributed by atoms with Crippen molar-refractivity contribution in [3.63, 3.8) is 0 Å². The van der Waals surface area contributed by atoms with Gasteiger partial charge in [0.15, 0.2) is 0 Å². The second-order valence-electron chi connectivity index (χ2n) is 3.04. The first-order chi connectivity index (χ1) is 7.54. The van der Waals surface area contributed by atoms with E-state index in [1.54, 1.807) is 7.05 Å². The Morgan fingerprint density at radius 1 is 1.56 bits per heavy atom. The number of likely N-dealkylation sites (N-methyl/N-ethyl adjacent to an activating group) is 1. The van der Waals surface area contributed by atoms with Crippen LogP contribution in [0.2, 0.25) is 0 Å². The molecule has 1 aromatic carbocycles. The van der Waals surface area contributed by atoms with Gasteiger partial charge in [-0.1, -0.05) is 0 Å². The van der Waals surface area contributed by atoms with Gasteiger partial charge in [0.1, 0.15) is 5.75 Å². The van der Waals surface area contributed by atoms with Crippen LogP contribution >= 0.6 is 0 Å². The zero-order chi connectivity index (χ0) is 12.1. The molecule has 7 heteroatoms. The summed E-state index contributed by atoms with van der Waals surface area (Å²) in [6.45, 7) is 0.0577. The molecule has 0 atom stereocenters. The van der Waals surface area contributed by atoms with Crippen molar-refractivity contribution < 1.29 is 14.8 Å². The third-order valence-corrected chi connectivity index (χ3v) is 1.80. The summed E-state index contributed by atoms with van der Waals surface area (Å²) in [5.41, 5.74) is -0.174. The number of nitro groups is 1. The topological polar surface area (TPSA) is 104 Å². The van der Waals surface area contributed by atoms with E-state index in [1.165, 1.54) is 0 Å². The van der Waals surface area contributed by atoms with Crippen LogP contribution in [0.15, 0.2) is 18.2 Å². The van der Waals surface area contributed by atoms with Crippen LogP contribution in [0.5, 0.6) is 5.75 Å². The zero-order valence-electron chi connectivity index (χ0n) is 8.56. The molecule has 1 aromatic rings. The first-order valence-electron chi connectivity index (χ1n) is 4.46. The van der Waals surface area contributed by atoms with Gasteiger partial charge < -0.3 is 15.7 Å². The number of benzene rings is 1. The van der Waals surface area contributed by atoms with E-state index in [4.69, 9.17) is 0 Å². The van der Waals surface area contributed by atoms with Crippen molar-refractivity contribution in [2.75, 3.05) is 18.9 Å². The third kappa shape index (κ3) is 2.92. The number of phenolic OH excluding ortho intramolecular Hbond substituents is 1. The molecule has 0 aromatic heterocycles. The quantitative estimate of drug-likeness (QED) is 0.392. The van der Waals surface area contributed by atoms with E-state index in [2.05, 4.69) is 10.6 Å². The van der Waals surface area contributed by atoms with Crippen LogP contribution in [-0.2, 0) is 4.79 Å². The molecule has 0 aliphatic heterocycles. The molecule has 16 heavy (non-hydrogen) atoms. The number of non-ortho nitro benzene ring substituents is 1. The van der Waals surface area contributed by atoms with Crippen LogP contribution in [0.4, 0.5) is 11.4 Å². The standard InChI is InChI=1S/C9H11N3O4/c1-10-5-9(14)11-7-4-6(12(15)16)2-3-8(7)13/h2-4,10,13H,5H2,1H3,(H,11,14). The van der Waals surface area contributed by atoms with Crippen molar-refractivity contribution in [2.45, 2.75) is 0 Å². The average molecular weight is 225 g/mol. The molecule has 1 rings (SSSR count). The highest BCUT2D eigenvalue weighted by Gasteiger charge is 2.11. The minimum atomic E-state index is -0.604. The van der Waals surface area contributed by atoms with Gasteiger partial charge >= 0.3 is 0 Å². The van der Waals surface area contributed by atoms with Gasteiger partial charge in [0.25, 0.3) is 5.69 Å². The SMILES string of the molecule is CNCC(=O)Nc1cc([N+](=O)[O-])ccc1O. The highest BCUT2D eigenvalue weighted by molar-refractivity contribution is 5.93. The Morgan fingerprint density at radius 2 is 2.25 bits per heavy atom. The van der Waals surface area contributed by atoms with Crippen molar-refractivity contribution in [2.24, 2.45) is 0 Å². The summed E-state index contributed by atoms with van der Waals surface area (Å²) in [4.78, 5) is 21.1. The molecule has 0 fully saturated rings. The Labute approximate surface area is 91.2 Å². The van der Waals surface area contributed by atoms with Crippen LogP contribution in [0, 0.1) is 10.1 Å². The lowest BCUT2D eigenvalue weighted by molar-refractivity contribution is -0.384. The van der Waals surface area contributed by atoms with Crippen LogP contribution in [0.25, 0.3) is 0 Å². The summed E-state index contributed by atoms with van der Waals surface area (Å²) in [5, 5.41) is 24.8. The van der Waals surface area contributed by atoms with Crippen molar-refractivity contribution in [3.8, 4) is 5.75 Å². The number of phenols is 1. The second-order valence-corrected chi connectivity index (χ2v) is 3.04. The van der Waals surface area contributed by atoms with Crippen LogP contribution in [0.1, 0.15) is 0 Å². The molecule has 1 amide bonds. The summed E-state index contributed by atoms with van der Waals surface area (Å²) < 4.78 is 0. The second kappa shape index (κ2) is 5.08. The zero-order valence-corrected chi connectivity index (χ0v) is 8.56. The number of aromatic hydroxyl groups is 1. The summed E-state index contributed by atoms with van der Waals surface area (Å²) in [6, 6.07) is 3.42. The van der Waals surface area contributed by atoms with Crippen molar-refractivity contribution >= 4 is 17.3 Å². The summed E-state index contributed by atoms with van der Waals surface area (Å²) >= 11 is 0. The maximum absolute atomic E-state index is 11.2. The maximum Gasteiger partial charge on any atom is 0.271 e. The molecule has 0 saturated carbocycles. The van der Waals surface area contributed by atoms with Gasteiger partial charge in [-0.3, -0.25) is 14.9 Å². The number of amides is 1. The molecule has 0 bridgehead atoms. The normalized spacial score (nSPS) is 9.81. The first kappa shape index (κ1) is 11.9. The average Bonchev–Trinajstić information content (AvgIpc) is 2.21. The number of rotatable bonds is 4. The van der Waals surface area contributed by atoms with Gasteiger partial charge in [0.05, 0.1) is 17.2 Å². The van der Waals surface area contributed by atoms with Crippen LogP contribution in [0.3, 0.4) is 0 Å². The van der Waals surface area contributed by atoms with Crippen LogP contribution < -0.4 is 10.6 Å². The highest BCUT2D eigenvalue weighted by atomic mass is 16.6. The fourth-order valence-corrected chi connectivity index (χ4v) is 1.09. The minimum absolute atomic E-state index is 0.0226. The largest absolute Gasteiger partial charge is 0.506 e. The molecule has 0 unspecified atom stereocenters. The molecule has 86 valence electrons. The van der Waals surface area contributed by atoms with Crippen molar-refractivity contribution in [1.82, 2.24) is 5.32 Å². The van der Waals surface area contributed by atoms with Gasteiger partial charge in [-0.15, -0.1) is 0 Å². The number of anilines is 1. The number of nitrogens with zero attached hydrogens (tertiary/aromatic N) is 1. The molecular formula is C9H11N3O4. The molecule has 0 radical (unpaired) electrons. The van der Waals surface area contributed by atoms with Gasteiger partial charge in [0, 0.05) is 12.1 Å². The Balaban J connectivity index is 2.90. The third-order valence-electron chi connectivity index (χ3n) is 1.80. The maximum atomic E-state index is 11.2. The molecule has 0 aliphatic rings. The molecule has 7 nitrogen and oxygen atoms in total. The smallest absolute Gasteiger partial charge is 0.271 e. The summed E-state index contributed by atoms with van der Waals surface area (Å²) in [5.74, 6) is -0.603. The molecular weight excluding hydrogens is 214 g/mol. The lowest BCUT2D eigenvalue weighted by atomic mass is 10.2. The number of nitrogens with one attached hydrogen (secondary N) is 2. The van der Waals surface area contributed by atoms with E-state index in [-0.39, 0.29) is 23.7 Å². The predicted molar refractivity (Wildman–Crippen MR) is 57.3 cm³/mol. The van der Waals surface area contributed by atoms with Crippen LogP contribution in [-0.4, -0.2) is 29.5 Å². The fourth-order valence-electron chi connectivity index (χ4n) is 1.09. The molecule has 0 aliphatic carbocycles. The van der Waals surface area contributed by atoms with E-state index in [9.17, 15) is 20.0 Å². The summed E-state index contributed by atoms with van der Waals surface area (Å²) in [7, 11) is 1.59. The highest BCUT2D eigenvalue weighted by Crippen LogP contribution is 2.27. The van der Waals surface area contributed by atoms with Crippen molar-refractivity contribution in [1.29, 1.82) is 0 Å². The number of hydrogen-bond donors (Lipinski definition) is 3. The van der Waals surface area contributed by atoms with E-state index < -0.39 is 10.8 Å². The lowest BCUT2D eigenvalue weighted by Gasteiger charge is -2.06. The number of hydrogen-bond acceptors (Lipinski definition) is 5. The molecule has 0 heterocycles. The lowest BCUT2D eigenvalue weighted by Crippen LogP contribution is -2.25. The van der Waals surface area contributed by atoms with Gasteiger partial charge in [-0.05, 0) is 13.1 Å². The Morgan fingerprint density at radius 3 is 2.81 bits per heavy atom. The molecule has 0 saturated heterocycles. The van der Waals surface area contributed by atoms with E-state index in [0.29, 0.717) is 0 Å². The Bertz CT molecular complexity index is 419. The number of carbonyl (C=O) groups excluding carboxylic acids is 1. The van der Waals surface area contributed by atoms with Gasteiger partial charge in [-0.25, -0.2) is 0 Å². The van der Waals surface area contributed by atoms with Crippen molar-refractivity contribution in [3.05, 3.63) is 28.3 Å². The minimum Gasteiger partial charge on any atom is -0.506 e. The van der Waals surface area contributed by atoms with Gasteiger partial charge in [-0.2, -0.15) is 0 Å². The monoisotopic (exact) mass is 225 g/mol. The Hall–Kier alpha value is -2.15.